The highest BCUT2D eigenvalue weighted by atomic mass is 35.5. The number of carbonyl (C=O) groups excluding carboxylic acids is 1. The summed E-state index contributed by atoms with van der Waals surface area (Å²) >= 11 is 5.83. The fourth-order valence-electron chi connectivity index (χ4n) is 0.918. The fraction of sp³-hybridized carbons (Fsp3) is 0. The van der Waals surface area contributed by atoms with E-state index in [-0.39, 0.29) is 0 Å². The van der Waals surface area contributed by atoms with E-state index in [9.17, 15) is 4.79 Å². The van der Waals surface area contributed by atoms with Gasteiger partial charge in [0.25, 0.3) is 0 Å². The Hall–Kier alpha value is -1.54. The standard InChI is InChI=1S/C11H10ClNO/c12-10(6-7-11(13)14)8-9-4-2-1-3-5-9/h1-8H,(H2,13,14)/b7-6+,10-8-. The van der Waals surface area contributed by atoms with Gasteiger partial charge in [0.05, 0.1) is 0 Å². The van der Waals surface area contributed by atoms with Crippen LogP contribution in [0.4, 0.5) is 0 Å². The van der Waals surface area contributed by atoms with Gasteiger partial charge in [-0.3, -0.25) is 4.79 Å². The molecule has 0 unspecified atom stereocenters. The minimum absolute atomic E-state index is 0.468. The van der Waals surface area contributed by atoms with Crippen LogP contribution in [0.1, 0.15) is 5.56 Å². The summed E-state index contributed by atoms with van der Waals surface area (Å²) in [6.07, 6.45) is 4.44. The van der Waals surface area contributed by atoms with Gasteiger partial charge in [-0.05, 0) is 17.7 Å². The van der Waals surface area contributed by atoms with Gasteiger partial charge in [0.15, 0.2) is 0 Å². The molecule has 0 atom stereocenters. The zero-order chi connectivity index (χ0) is 10.4. The van der Waals surface area contributed by atoms with E-state index in [0.29, 0.717) is 5.03 Å². The Morgan fingerprint density at radius 3 is 2.43 bits per heavy atom. The number of hydrogen-bond donors (Lipinski definition) is 1. The molecular formula is C11H10ClNO. The van der Waals surface area contributed by atoms with Gasteiger partial charge in [0.2, 0.25) is 5.91 Å². The van der Waals surface area contributed by atoms with Crippen LogP contribution in [0.15, 0.2) is 47.5 Å². The summed E-state index contributed by atoms with van der Waals surface area (Å²) in [6, 6.07) is 9.58. The number of nitrogens with two attached hydrogens (primary N) is 1. The van der Waals surface area contributed by atoms with E-state index in [1.165, 1.54) is 12.2 Å². The molecule has 0 aromatic heterocycles. The van der Waals surface area contributed by atoms with Crippen molar-refractivity contribution in [2.45, 2.75) is 0 Å². The molecule has 0 aliphatic carbocycles. The van der Waals surface area contributed by atoms with Crippen molar-refractivity contribution in [3.63, 3.8) is 0 Å². The molecule has 0 aliphatic rings. The lowest BCUT2D eigenvalue weighted by molar-refractivity contribution is -0.113. The molecule has 0 heterocycles. The second-order valence-corrected chi connectivity index (χ2v) is 3.11. The van der Waals surface area contributed by atoms with E-state index < -0.39 is 5.91 Å². The van der Waals surface area contributed by atoms with E-state index in [4.69, 9.17) is 17.3 Å². The van der Waals surface area contributed by atoms with Gasteiger partial charge in [-0.1, -0.05) is 41.9 Å². The zero-order valence-electron chi connectivity index (χ0n) is 7.48. The molecule has 0 bridgehead atoms. The second-order valence-electron chi connectivity index (χ2n) is 2.68. The number of primary amides is 1. The Morgan fingerprint density at radius 2 is 1.86 bits per heavy atom. The van der Waals surface area contributed by atoms with E-state index in [1.807, 2.05) is 30.3 Å². The second kappa shape index (κ2) is 5.25. The largest absolute Gasteiger partial charge is 0.366 e. The summed E-state index contributed by atoms with van der Waals surface area (Å²) in [4.78, 5) is 10.4. The Morgan fingerprint density at radius 1 is 1.21 bits per heavy atom. The summed E-state index contributed by atoms with van der Waals surface area (Å²) < 4.78 is 0. The first-order valence-corrected chi connectivity index (χ1v) is 4.46. The molecule has 0 radical (unpaired) electrons. The number of rotatable bonds is 3. The van der Waals surface area contributed by atoms with E-state index in [2.05, 4.69) is 0 Å². The highest BCUT2D eigenvalue weighted by molar-refractivity contribution is 6.33. The molecule has 1 aromatic rings. The van der Waals surface area contributed by atoms with Gasteiger partial charge in [0, 0.05) is 11.1 Å². The van der Waals surface area contributed by atoms with Crippen LogP contribution in [0.3, 0.4) is 0 Å². The molecule has 72 valence electrons. The Balaban J connectivity index is 2.74. The lowest BCUT2D eigenvalue weighted by Gasteiger charge is -1.92. The van der Waals surface area contributed by atoms with Crippen LogP contribution in [0.25, 0.3) is 6.08 Å². The first-order valence-electron chi connectivity index (χ1n) is 4.08. The number of halogens is 1. The summed E-state index contributed by atoms with van der Waals surface area (Å²) in [7, 11) is 0. The van der Waals surface area contributed by atoms with Crippen LogP contribution in [0.5, 0.6) is 0 Å². The van der Waals surface area contributed by atoms with Crippen LogP contribution >= 0.6 is 11.6 Å². The van der Waals surface area contributed by atoms with Crippen molar-refractivity contribution in [3.05, 3.63) is 53.1 Å². The van der Waals surface area contributed by atoms with Crippen LogP contribution in [0.2, 0.25) is 0 Å². The molecule has 0 saturated heterocycles. The maximum absolute atomic E-state index is 10.4. The highest BCUT2D eigenvalue weighted by Gasteiger charge is 1.89. The molecule has 0 spiro atoms. The topological polar surface area (TPSA) is 43.1 Å². The van der Waals surface area contributed by atoms with Crippen molar-refractivity contribution in [1.29, 1.82) is 0 Å². The molecular weight excluding hydrogens is 198 g/mol. The lowest BCUT2D eigenvalue weighted by atomic mass is 10.2. The smallest absolute Gasteiger partial charge is 0.241 e. The third kappa shape index (κ3) is 3.92. The number of hydrogen-bond acceptors (Lipinski definition) is 1. The summed E-state index contributed by atoms with van der Waals surface area (Å²) in [6.45, 7) is 0. The molecule has 2 nitrogen and oxygen atoms in total. The number of benzene rings is 1. The summed E-state index contributed by atoms with van der Waals surface area (Å²) in [5.74, 6) is -0.510. The SMILES string of the molecule is NC(=O)/C=C/C(Cl)=C/c1ccccc1. The predicted molar refractivity (Wildman–Crippen MR) is 58.6 cm³/mol. The minimum Gasteiger partial charge on any atom is -0.366 e. The minimum atomic E-state index is -0.510. The molecule has 1 aromatic carbocycles. The van der Waals surface area contributed by atoms with Crippen molar-refractivity contribution in [2.24, 2.45) is 5.73 Å². The molecule has 2 N–H and O–H groups in total. The van der Waals surface area contributed by atoms with E-state index in [0.717, 1.165) is 5.56 Å². The first-order chi connectivity index (χ1) is 6.68. The Labute approximate surface area is 87.7 Å². The molecule has 1 rings (SSSR count). The maximum Gasteiger partial charge on any atom is 0.241 e. The van der Waals surface area contributed by atoms with E-state index >= 15 is 0 Å². The lowest BCUT2D eigenvalue weighted by Crippen LogP contribution is -2.05. The average molecular weight is 208 g/mol. The monoisotopic (exact) mass is 207 g/mol. The Kier molecular flexibility index (Phi) is 3.95. The van der Waals surface area contributed by atoms with Gasteiger partial charge in [-0.2, -0.15) is 0 Å². The van der Waals surface area contributed by atoms with Crippen molar-refractivity contribution >= 4 is 23.6 Å². The van der Waals surface area contributed by atoms with E-state index in [1.54, 1.807) is 6.08 Å². The van der Waals surface area contributed by atoms with Crippen LogP contribution < -0.4 is 5.73 Å². The van der Waals surface area contributed by atoms with Gasteiger partial charge in [-0.15, -0.1) is 0 Å². The van der Waals surface area contributed by atoms with Gasteiger partial charge >= 0.3 is 0 Å². The number of amides is 1. The van der Waals surface area contributed by atoms with Gasteiger partial charge in [-0.25, -0.2) is 0 Å². The number of allylic oxidation sites excluding steroid dienone is 2. The third-order valence-electron chi connectivity index (χ3n) is 1.51. The van der Waals surface area contributed by atoms with Crippen molar-refractivity contribution < 1.29 is 4.79 Å². The quantitative estimate of drug-likeness (QED) is 0.600. The maximum atomic E-state index is 10.4. The van der Waals surface area contributed by atoms with Gasteiger partial charge in [0.1, 0.15) is 0 Å². The number of carbonyl (C=O) groups is 1. The molecule has 3 heteroatoms. The van der Waals surface area contributed by atoms with Crippen molar-refractivity contribution in [1.82, 2.24) is 0 Å². The average Bonchev–Trinajstić information content (AvgIpc) is 2.16. The predicted octanol–water partition coefficient (Wildman–Crippen LogP) is 2.31. The van der Waals surface area contributed by atoms with Crippen LogP contribution in [0, 0.1) is 0 Å². The third-order valence-corrected chi connectivity index (χ3v) is 1.75. The molecule has 0 aliphatic heterocycles. The zero-order valence-corrected chi connectivity index (χ0v) is 8.24. The Bertz CT molecular complexity index is 368. The van der Waals surface area contributed by atoms with Crippen LogP contribution in [-0.4, -0.2) is 5.91 Å². The summed E-state index contributed by atoms with van der Waals surface area (Å²) in [5.41, 5.74) is 5.90. The van der Waals surface area contributed by atoms with Crippen LogP contribution in [-0.2, 0) is 4.79 Å². The van der Waals surface area contributed by atoms with Gasteiger partial charge < -0.3 is 5.73 Å². The van der Waals surface area contributed by atoms with Crippen molar-refractivity contribution in [3.8, 4) is 0 Å². The molecule has 0 saturated carbocycles. The molecule has 1 amide bonds. The molecule has 0 fully saturated rings. The molecule has 14 heavy (non-hydrogen) atoms. The fourth-order valence-corrected chi connectivity index (χ4v) is 1.11. The first kappa shape index (κ1) is 10.5. The highest BCUT2D eigenvalue weighted by Crippen LogP contribution is 2.10. The van der Waals surface area contributed by atoms with Crippen molar-refractivity contribution in [2.75, 3.05) is 0 Å². The summed E-state index contributed by atoms with van der Waals surface area (Å²) in [5, 5.41) is 0.468. The normalized spacial score (nSPS) is 11.9.